The van der Waals surface area contributed by atoms with Gasteiger partial charge in [-0.3, -0.25) is 14.5 Å². The van der Waals surface area contributed by atoms with Crippen molar-refractivity contribution in [1.82, 2.24) is 0 Å². The zero-order valence-corrected chi connectivity index (χ0v) is 17.7. The van der Waals surface area contributed by atoms with E-state index >= 15 is 0 Å². The van der Waals surface area contributed by atoms with Crippen molar-refractivity contribution < 1.29 is 14.0 Å². The van der Waals surface area contributed by atoms with Crippen LogP contribution in [0.4, 0.5) is 11.4 Å². The Morgan fingerprint density at radius 2 is 1.84 bits per heavy atom. The Hall–Kier alpha value is -3.31. The first-order valence-electron chi connectivity index (χ1n) is 10.3. The van der Waals surface area contributed by atoms with E-state index in [4.69, 9.17) is 16.0 Å². The highest BCUT2D eigenvalue weighted by molar-refractivity contribution is 6.30. The summed E-state index contributed by atoms with van der Waals surface area (Å²) in [6, 6.07) is 17.3. The second kappa shape index (κ2) is 7.75. The van der Waals surface area contributed by atoms with Crippen molar-refractivity contribution in [2.75, 3.05) is 10.2 Å². The fourth-order valence-electron chi connectivity index (χ4n) is 4.46. The van der Waals surface area contributed by atoms with Crippen molar-refractivity contribution in [2.24, 2.45) is 5.92 Å². The molecule has 0 bridgehead atoms. The summed E-state index contributed by atoms with van der Waals surface area (Å²) in [4.78, 5) is 28.8. The number of amides is 1. The van der Waals surface area contributed by atoms with Crippen LogP contribution in [0.5, 0.6) is 0 Å². The number of rotatable bonds is 2. The maximum Gasteiger partial charge on any atom is 0.259 e. The van der Waals surface area contributed by atoms with Gasteiger partial charge in [-0.2, -0.15) is 0 Å². The first-order valence-corrected chi connectivity index (χ1v) is 10.7. The van der Waals surface area contributed by atoms with Crippen LogP contribution in [0.2, 0.25) is 5.02 Å². The molecule has 156 valence electrons. The van der Waals surface area contributed by atoms with Gasteiger partial charge in [0.15, 0.2) is 5.78 Å². The Morgan fingerprint density at radius 3 is 2.58 bits per heavy atom. The number of nitrogens with zero attached hydrogens (tertiary/aromatic N) is 1. The van der Waals surface area contributed by atoms with E-state index in [2.05, 4.69) is 12.2 Å². The summed E-state index contributed by atoms with van der Waals surface area (Å²) in [7, 11) is 0. The molecule has 3 aromatic rings. The van der Waals surface area contributed by atoms with Gasteiger partial charge in [0, 0.05) is 28.3 Å². The number of carbonyl (C=O) groups excluding carboxylic acids is 2. The van der Waals surface area contributed by atoms with E-state index in [-0.39, 0.29) is 17.6 Å². The van der Waals surface area contributed by atoms with Crippen LogP contribution >= 0.6 is 11.6 Å². The Bertz CT molecular complexity index is 1180. The van der Waals surface area contributed by atoms with Crippen LogP contribution in [0.3, 0.4) is 0 Å². The summed E-state index contributed by atoms with van der Waals surface area (Å²) in [6.45, 7) is 2.07. The smallest absolute Gasteiger partial charge is 0.259 e. The maximum absolute atomic E-state index is 13.9. The number of ketones is 1. The van der Waals surface area contributed by atoms with Gasteiger partial charge >= 0.3 is 0 Å². The van der Waals surface area contributed by atoms with E-state index in [1.165, 1.54) is 0 Å². The van der Waals surface area contributed by atoms with Crippen LogP contribution in [0.1, 0.15) is 41.9 Å². The molecule has 1 N–H and O–H groups in total. The number of nitrogens with one attached hydrogen (secondary N) is 1. The van der Waals surface area contributed by atoms with Crippen LogP contribution in [0, 0.1) is 5.92 Å². The van der Waals surface area contributed by atoms with Gasteiger partial charge in [-0.15, -0.1) is 0 Å². The molecule has 5 rings (SSSR count). The van der Waals surface area contributed by atoms with Gasteiger partial charge in [-0.05, 0) is 60.9 Å². The van der Waals surface area contributed by atoms with Crippen LogP contribution < -0.4 is 10.2 Å². The molecule has 2 aromatic carbocycles. The molecular formula is C25H21ClN2O3. The van der Waals surface area contributed by atoms with Gasteiger partial charge in [0.25, 0.3) is 5.91 Å². The summed E-state index contributed by atoms with van der Waals surface area (Å²) >= 11 is 6.04. The Labute approximate surface area is 185 Å². The Balaban J connectivity index is 1.76. The van der Waals surface area contributed by atoms with E-state index in [1.807, 2.05) is 30.3 Å². The molecule has 1 aliphatic carbocycles. The number of Topliss-reactive ketones (excluding diaryl/α,β-unsaturated/α-hetero) is 1. The fourth-order valence-corrected chi connectivity index (χ4v) is 4.58. The Kier molecular flexibility index (Phi) is 4.91. The molecule has 0 saturated heterocycles. The molecule has 0 saturated carbocycles. The monoisotopic (exact) mass is 432 g/mol. The summed E-state index contributed by atoms with van der Waals surface area (Å²) in [5.74, 6) is 0.578. The number of allylic oxidation sites excluding steroid dienone is 1. The number of halogens is 1. The van der Waals surface area contributed by atoms with E-state index in [0.29, 0.717) is 34.0 Å². The van der Waals surface area contributed by atoms with Crippen LogP contribution in [-0.2, 0) is 4.79 Å². The van der Waals surface area contributed by atoms with Crippen LogP contribution in [-0.4, -0.2) is 11.7 Å². The standard InChI is InChI=1S/C25H21ClN2O3/c1-15-13-19-23(21(29)14-15)24(22-7-4-12-31-22)28(20-6-3-2-5-18(20)27-19)25(30)16-8-10-17(26)11-9-16/h2-12,15,24,27H,13-14H2,1H3/t15-,24-/m1/s1. The van der Waals surface area contributed by atoms with E-state index in [0.717, 1.165) is 17.8 Å². The number of carbonyl (C=O) groups is 2. The summed E-state index contributed by atoms with van der Waals surface area (Å²) < 4.78 is 5.77. The van der Waals surface area contributed by atoms with Gasteiger partial charge in [0.2, 0.25) is 0 Å². The minimum absolute atomic E-state index is 0.0318. The number of para-hydroxylation sites is 2. The average Bonchev–Trinajstić information content (AvgIpc) is 3.23. The first-order chi connectivity index (χ1) is 15.0. The number of fused-ring (bicyclic) bond motifs is 1. The average molecular weight is 433 g/mol. The number of benzene rings is 2. The second-order valence-corrected chi connectivity index (χ2v) is 8.51. The highest BCUT2D eigenvalue weighted by atomic mass is 35.5. The fraction of sp³-hybridized carbons (Fsp3) is 0.200. The number of furan rings is 1. The quantitative estimate of drug-likeness (QED) is 0.539. The van der Waals surface area contributed by atoms with Gasteiger partial charge in [-0.1, -0.05) is 30.7 Å². The number of hydrogen-bond acceptors (Lipinski definition) is 4. The molecule has 6 heteroatoms. The molecule has 5 nitrogen and oxygen atoms in total. The summed E-state index contributed by atoms with van der Waals surface area (Å²) in [6.07, 6.45) is 2.74. The summed E-state index contributed by atoms with van der Waals surface area (Å²) in [5, 5.41) is 4.02. The molecule has 0 radical (unpaired) electrons. The van der Waals surface area contributed by atoms with Gasteiger partial charge in [-0.25, -0.2) is 0 Å². The summed E-state index contributed by atoms with van der Waals surface area (Å²) in [5.41, 5.74) is 3.40. The molecule has 0 fully saturated rings. The van der Waals surface area contributed by atoms with Gasteiger partial charge in [0.05, 0.1) is 17.6 Å². The van der Waals surface area contributed by atoms with Crippen molar-refractivity contribution >= 4 is 34.7 Å². The molecule has 2 heterocycles. The molecule has 31 heavy (non-hydrogen) atoms. The predicted molar refractivity (Wildman–Crippen MR) is 120 cm³/mol. The van der Waals surface area contributed by atoms with Crippen molar-refractivity contribution in [3.05, 3.63) is 94.5 Å². The zero-order chi connectivity index (χ0) is 21.5. The largest absolute Gasteiger partial charge is 0.467 e. The normalized spacial score (nSPS) is 20.6. The lowest BCUT2D eigenvalue weighted by Gasteiger charge is -2.33. The second-order valence-electron chi connectivity index (χ2n) is 8.07. The molecular weight excluding hydrogens is 412 g/mol. The lowest BCUT2D eigenvalue weighted by molar-refractivity contribution is -0.117. The van der Waals surface area contributed by atoms with Crippen molar-refractivity contribution in [3.63, 3.8) is 0 Å². The molecule has 1 aliphatic heterocycles. The predicted octanol–water partition coefficient (Wildman–Crippen LogP) is 6.00. The molecule has 0 unspecified atom stereocenters. The van der Waals surface area contributed by atoms with Crippen molar-refractivity contribution in [1.29, 1.82) is 0 Å². The minimum Gasteiger partial charge on any atom is -0.467 e. The van der Waals surface area contributed by atoms with Crippen molar-refractivity contribution in [2.45, 2.75) is 25.8 Å². The van der Waals surface area contributed by atoms with Gasteiger partial charge < -0.3 is 9.73 Å². The van der Waals surface area contributed by atoms with Crippen LogP contribution in [0.15, 0.2) is 82.6 Å². The van der Waals surface area contributed by atoms with Gasteiger partial charge in [0.1, 0.15) is 11.8 Å². The van der Waals surface area contributed by atoms with Crippen LogP contribution in [0.25, 0.3) is 0 Å². The lowest BCUT2D eigenvalue weighted by atomic mass is 9.83. The molecule has 1 aromatic heterocycles. The maximum atomic E-state index is 13.9. The Morgan fingerprint density at radius 1 is 1.06 bits per heavy atom. The highest BCUT2D eigenvalue weighted by Crippen LogP contribution is 2.46. The number of anilines is 2. The third-order valence-corrected chi connectivity index (χ3v) is 6.07. The van der Waals surface area contributed by atoms with Crippen molar-refractivity contribution in [3.8, 4) is 0 Å². The van der Waals surface area contributed by atoms with E-state index in [9.17, 15) is 9.59 Å². The minimum atomic E-state index is -0.663. The van der Waals surface area contributed by atoms with E-state index in [1.54, 1.807) is 41.5 Å². The highest BCUT2D eigenvalue weighted by Gasteiger charge is 2.42. The zero-order valence-electron chi connectivity index (χ0n) is 17.0. The third kappa shape index (κ3) is 3.45. The SMILES string of the molecule is C[C@H]1CC(=O)C2=C(C1)Nc1ccccc1N(C(=O)c1ccc(Cl)cc1)[C@@H]2c1ccco1. The number of hydrogen-bond donors (Lipinski definition) is 1. The third-order valence-electron chi connectivity index (χ3n) is 5.82. The lowest BCUT2D eigenvalue weighted by Crippen LogP contribution is -2.38. The molecule has 2 atom stereocenters. The molecule has 0 spiro atoms. The van der Waals surface area contributed by atoms with E-state index < -0.39 is 6.04 Å². The molecule has 1 amide bonds. The topological polar surface area (TPSA) is 62.6 Å². The first kappa shape index (κ1) is 19.6. The molecule has 2 aliphatic rings.